The second kappa shape index (κ2) is 11.7. The van der Waals surface area contributed by atoms with Crippen LogP contribution in [0.15, 0.2) is 94.5 Å². The predicted octanol–water partition coefficient (Wildman–Crippen LogP) is 6.57. The maximum Gasteiger partial charge on any atom is 0.237 e. The van der Waals surface area contributed by atoms with Crippen molar-refractivity contribution in [2.45, 2.75) is 11.8 Å². The smallest absolute Gasteiger partial charge is 0.237 e. The molecule has 38 heavy (non-hydrogen) atoms. The van der Waals surface area contributed by atoms with Crippen LogP contribution in [-0.2, 0) is 11.4 Å². The summed E-state index contributed by atoms with van der Waals surface area (Å²) >= 11 is 7.03. The first kappa shape index (κ1) is 25.1. The van der Waals surface area contributed by atoms with Gasteiger partial charge < -0.3 is 9.15 Å². The van der Waals surface area contributed by atoms with E-state index < -0.39 is 0 Å². The predicted molar refractivity (Wildman–Crippen MR) is 146 cm³/mol. The number of anilines is 1. The van der Waals surface area contributed by atoms with E-state index in [0.717, 1.165) is 22.9 Å². The number of H-pyrrole nitrogens is 1. The van der Waals surface area contributed by atoms with Gasteiger partial charge in [0.2, 0.25) is 16.9 Å². The first-order valence-corrected chi connectivity index (χ1v) is 12.9. The molecule has 8 nitrogen and oxygen atoms in total. The van der Waals surface area contributed by atoms with Crippen molar-refractivity contribution in [2.24, 2.45) is 0 Å². The molecular weight excluding hydrogens is 522 g/mol. The molecule has 0 radical (unpaired) electrons. The van der Waals surface area contributed by atoms with E-state index in [1.54, 1.807) is 24.3 Å². The fraction of sp³-hybridized carbons (Fsp3) is 0.0714. The van der Waals surface area contributed by atoms with E-state index in [-0.39, 0.29) is 29.7 Å². The standard InChI is InChI=1S/C28H20ClN5O3S/c29-20-11-13-21(14-12-20)36-16-23-31-28(34-33-23)38-17-24(35)32-27-22(15-30)25(18-7-3-1-4-8-18)26(37-27)19-9-5-2-6-10-19/h1-14H,16-17H2,(H,32,35)(H,31,33,34). The minimum Gasteiger partial charge on any atom is -0.486 e. The van der Waals surface area contributed by atoms with Crippen LogP contribution >= 0.6 is 23.4 Å². The summed E-state index contributed by atoms with van der Waals surface area (Å²) < 4.78 is 11.7. The molecule has 0 bridgehead atoms. The molecule has 5 rings (SSSR count). The number of hydrogen-bond donors (Lipinski definition) is 2. The lowest BCUT2D eigenvalue weighted by molar-refractivity contribution is -0.113. The minimum absolute atomic E-state index is 0.0161. The molecule has 3 aromatic carbocycles. The third-order valence-electron chi connectivity index (χ3n) is 5.40. The summed E-state index contributed by atoms with van der Waals surface area (Å²) in [5.74, 6) is 1.43. The molecule has 5 aromatic rings. The Morgan fingerprint density at radius 1 is 1.03 bits per heavy atom. The van der Waals surface area contributed by atoms with Crippen LogP contribution in [0.1, 0.15) is 11.4 Å². The van der Waals surface area contributed by atoms with Crippen LogP contribution in [-0.4, -0.2) is 26.8 Å². The molecule has 0 saturated carbocycles. The fourth-order valence-corrected chi connectivity index (χ4v) is 4.42. The lowest BCUT2D eigenvalue weighted by atomic mass is 9.98. The van der Waals surface area contributed by atoms with E-state index >= 15 is 0 Å². The monoisotopic (exact) mass is 541 g/mol. The van der Waals surface area contributed by atoms with E-state index in [1.807, 2.05) is 60.7 Å². The van der Waals surface area contributed by atoms with Crippen molar-refractivity contribution >= 4 is 35.2 Å². The number of nitrogens with one attached hydrogen (secondary N) is 2. The average Bonchev–Trinajstić information content (AvgIpc) is 3.57. The number of aromatic amines is 1. The van der Waals surface area contributed by atoms with Crippen molar-refractivity contribution in [3.8, 4) is 34.3 Å². The van der Waals surface area contributed by atoms with Crippen LogP contribution in [0.5, 0.6) is 5.75 Å². The van der Waals surface area contributed by atoms with Gasteiger partial charge in [0.15, 0.2) is 5.82 Å². The van der Waals surface area contributed by atoms with Crippen molar-refractivity contribution in [3.63, 3.8) is 0 Å². The summed E-state index contributed by atoms with van der Waals surface area (Å²) in [6, 6.07) is 28.1. The first-order valence-electron chi connectivity index (χ1n) is 11.5. The van der Waals surface area contributed by atoms with Gasteiger partial charge in [0.1, 0.15) is 29.7 Å². The number of halogens is 1. The number of carbonyl (C=O) groups is 1. The van der Waals surface area contributed by atoms with Gasteiger partial charge in [-0.1, -0.05) is 84.0 Å². The highest BCUT2D eigenvalue weighted by Crippen LogP contribution is 2.41. The number of nitriles is 1. The highest BCUT2D eigenvalue weighted by atomic mass is 35.5. The Hall–Kier alpha value is -4.52. The van der Waals surface area contributed by atoms with Gasteiger partial charge in [0.25, 0.3) is 0 Å². The second-order valence-electron chi connectivity index (χ2n) is 8.00. The Bertz CT molecular complexity index is 1580. The van der Waals surface area contributed by atoms with Crippen LogP contribution in [0.4, 0.5) is 5.88 Å². The maximum atomic E-state index is 12.8. The number of benzene rings is 3. The molecule has 0 fully saturated rings. The molecule has 0 aliphatic heterocycles. The average molecular weight is 542 g/mol. The molecule has 188 valence electrons. The topological polar surface area (TPSA) is 117 Å². The van der Waals surface area contributed by atoms with Gasteiger partial charge in [-0.05, 0) is 29.8 Å². The summed E-state index contributed by atoms with van der Waals surface area (Å²) in [5, 5.41) is 20.7. The van der Waals surface area contributed by atoms with E-state index in [1.165, 1.54) is 0 Å². The number of nitrogens with zero attached hydrogens (tertiary/aromatic N) is 3. The van der Waals surface area contributed by atoms with Gasteiger partial charge in [0.05, 0.1) is 5.75 Å². The summed E-state index contributed by atoms with van der Waals surface area (Å²) in [4.78, 5) is 17.1. The largest absolute Gasteiger partial charge is 0.486 e. The lowest BCUT2D eigenvalue weighted by Gasteiger charge is -2.03. The Balaban J connectivity index is 1.27. The van der Waals surface area contributed by atoms with Gasteiger partial charge in [-0.25, -0.2) is 4.98 Å². The van der Waals surface area contributed by atoms with Crippen LogP contribution in [0.2, 0.25) is 5.02 Å². The third kappa shape index (κ3) is 5.89. The summed E-state index contributed by atoms with van der Waals surface area (Å²) in [6.07, 6.45) is 0. The van der Waals surface area contributed by atoms with Crippen LogP contribution in [0.3, 0.4) is 0 Å². The van der Waals surface area contributed by atoms with Crippen molar-refractivity contribution in [1.29, 1.82) is 5.26 Å². The summed E-state index contributed by atoms with van der Waals surface area (Å²) in [7, 11) is 0. The van der Waals surface area contributed by atoms with Gasteiger partial charge >= 0.3 is 0 Å². The zero-order valence-electron chi connectivity index (χ0n) is 19.8. The fourth-order valence-electron chi connectivity index (χ4n) is 3.68. The minimum atomic E-state index is -0.358. The number of aromatic nitrogens is 3. The van der Waals surface area contributed by atoms with Crippen molar-refractivity contribution in [3.05, 3.63) is 101 Å². The Morgan fingerprint density at radius 3 is 2.39 bits per heavy atom. The Morgan fingerprint density at radius 2 is 1.71 bits per heavy atom. The van der Waals surface area contributed by atoms with Gasteiger partial charge in [-0.2, -0.15) is 5.26 Å². The van der Waals surface area contributed by atoms with Crippen molar-refractivity contribution in [2.75, 3.05) is 11.1 Å². The van der Waals surface area contributed by atoms with Gasteiger partial charge in [0, 0.05) is 16.1 Å². The molecule has 2 aromatic heterocycles. The molecule has 1 amide bonds. The molecule has 0 aliphatic rings. The SMILES string of the molecule is N#Cc1c(NC(=O)CSc2n[nH]c(COc3ccc(Cl)cc3)n2)oc(-c2ccccc2)c1-c1ccccc1. The molecule has 0 atom stereocenters. The number of ether oxygens (including phenoxy) is 1. The maximum absolute atomic E-state index is 12.8. The number of rotatable bonds is 9. The molecule has 0 saturated heterocycles. The van der Waals surface area contributed by atoms with Crippen LogP contribution in [0.25, 0.3) is 22.5 Å². The van der Waals surface area contributed by atoms with Gasteiger partial charge in [-0.15, -0.1) is 5.10 Å². The third-order valence-corrected chi connectivity index (χ3v) is 6.50. The number of amides is 1. The van der Waals surface area contributed by atoms with Crippen molar-refractivity contribution < 1.29 is 13.9 Å². The lowest BCUT2D eigenvalue weighted by Crippen LogP contribution is -2.14. The molecule has 2 heterocycles. The molecule has 2 N–H and O–H groups in total. The highest BCUT2D eigenvalue weighted by molar-refractivity contribution is 7.99. The number of hydrogen-bond acceptors (Lipinski definition) is 7. The van der Waals surface area contributed by atoms with E-state index in [0.29, 0.717) is 33.1 Å². The normalized spacial score (nSPS) is 10.6. The van der Waals surface area contributed by atoms with E-state index in [9.17, 15) is 10.1 Å². The summed E-state index contributed by atoms with van der Waals surface area (Å²) in [6.45, 7) is 0.184. The first-order chi connectivity index (χ1) is 18.6. The van der Waals surface area contributed by atoms with E-state index in [2.05, 4.69) is 26.6 Å². The zero-order valence-corrected chi connectivity index (χ0v) is 21.4. The number of carbonyl (C=O) groups excluding carboxylic acids is 1. The molecule has 0 unspecified atom stereocenters. The molecule has 0 aliphatic carbocycles. The van der Waals surface area contributed by atoms with E-state index in [4.69, 9.17) is 20.8 Å². The highest BCUT2D eigenvalue weighted by Gasteiger charge is 2.24. The molecule has 10 heteroatoms. The molecular formula is C28H20ClN5O3S. The zero-order chi connectivity index (χ0) is 26.3. The van der Waals surface area contributed by atoms with Crippen molar-refractivity contribution in [1.82, 2.24) is 15.2 Å². The number of furan rings is 1. The molecule has 0 spiro atoms. The Labute approximate surface area is 227 Å². The van der Waals surface area contributed by atoms with Crippen LogP contribution in [0, 0.1) is 11.3 Å². The second-order valence-corrected chi connectivity index (χ2v) is 9.38. The number of thioether (sulfide) groups is 1. The van der Waals surface area contributed by atoms with Crippen LogP contribution < -0.4 is 10.1 Å². The quantitative estimate of drug-likeness (QED) is 0.203. The Kier molecular flexibility index (Phi) is 7.73. The summed E-state index contributed by atoms with van der Waals surface area (Å²) in [5.41, 5.74) is 2.50. The van der Waals surface area contributed by atoms with Gasteiger partial charge in [-0.3, -0.25) is 15.2 Å².